The van der Waals surface area contributed by atoms with Crippen LogP contribution in [0.1, 0.15) is 0 Å². The maximum atomic E-state index is 10.7. The van der Waals surface area contributed by atoms with E-state index in [2.05, 4.69) is 4.18 Å². The molecule has 0 radical (unpaired) electrons. The number of nitrogens with zero attached hydrogens (tertiary/aromatic N) is 1. The van der Waals surface area contributed by atoms with Crippen LogP contribution < -0.4 is 60.7 Å². The van der Waals surface area contributed by atoms with Crippen LogP contribution in [0.25, 0.3) is 0 Å². The Morgan fingerprint density at radius 3 is 2.38 bits per heavy atom. The molecule has 16 heavy (non-hydrogen) atoms. The van der Waals surface area contributed by atoms with Crippen molar-refractivity contribution in [2.45, 2.75) is 0 Å². The number of rotatable bonds is 3. The zero-order chi connectivity index (χ0) is 11.6. The van der Waals surface area contributed by atoms with Gasteiger partial charge in [0.2, 0.25) is 5.75 Å². The molecule has 0 saturated heterocycles. The zero-order valence-corrected chi connectivity index (χ0v) is 11.9. The maximum Gasteiger partial charge on any atom is 1.00 e. The van der Waals surface area contributed by atoms with Crippen molar-refractivity contribution in [1.82, 2.24) is 0 Å². The van der Waals surface area contributed by atoms with Gasteiger partial charge in [-0.3, -0.25) is 14.7 Å². The molecule has 1 rings (SSSR count). The van der Waals surface area contributed by atoms with E-state index in [-0.39, 0.29) is 51.4 Å². The Hall–Kier alpha value is -0.234. The van der Waals surface area contributed by atoms with E-state index in [9.17, 15) is 23.6 Å². The van der Waals surface area contributed by atoms with Crippen molar-refractivity contribution < 1.29 is 78.6 Å². The Kier molecular flexibility index (Phi) is 5.82. The number of benzene rings is 1. The van der Waals surface area contributed by atoms with E-state index in [1.807, 2.05) is 0 Å². The van der Waals surface area contributed by atoms with E-state index in [0.717, 1.165) is 12.1 Å². The van der Waals surface area contributed by atoms with E-state index < -0.39 is 32.5 Å². The van der Waals surface area contributed by atoms with Crippen LogP contribution in [0.2, 0.25) is 0 Å². The van der Waals surface area contributed by atoms with Gasteiger partial charge in [-0.25, -0.2) is 0 Å². The molecule has 0 aliphatic heterocycles. The summed E-state index contributed by atoms with van der Waals surface area (Å²) in [5.41, 5.74) is -0.833. The Bertz CT molecular complexity index is 500. The van der Waals surface area contributed by atoms with Crippen molar-refractivity contribution in [3.05, 3.63) is 28.3 Å². The second-order valence-electron chi connectivity index (χ2n) is 2.40. The third-order valence-electron chi connectivity index (χ3n) is 1.32. The van der Waals surface area contributed by atoms with Crippen LogP contribution in [0.3, 0.4) is 0 Å². The van der Waals surface area contributed by atoms with Crippen molar-refractivity contribution in [1.29, 1.82) is 0 Å². The van der Waals surface area contributed by atoms with E-state index in [0.29, 0.717) is 6.07 Å². The van der Waals surface area contributed by atoms with Gasteiger partial charge < -0.3 is 9.29 Å². The Morgan fingerprint density at radius 1 is 1.38 bits per heavy atom. The van der Waals surface area contributed by atoms with E-state index in [1.54, 1.807) is 0 Å². The molecule has 1 aromatic rings. The van der Waals surface area contributed by atoms with Gasteiger partial charge in [0.25, 0.3) is 0 Å². The summed E-state index contributed by atoms with van der Waals surface area (Å²) < 4.78 is 32.8. The smallest absolute Gasteiger partial charge is 0.872 e. The van der Waals surface area contributed by atoms with Gasteiger partial charge in [0.15, 0.2) is 0 Å². The molecule has 0 spiro atoms. The molecule has 10 heteroatoms. The topological polar surface area (TPSA) is 130 Å². The molecule has 0 fully saturated rings. The number of nitro groups is 1. The molecular weight excluding hydrogens is 269 g/mol. The van der Waals surface area contributed by atoms with Crippen LogP contribution in [0.15, 0.2) is 18.2 Å². The first-order valence-corrected chi connectivity index (χ1v) is 4.78. The fourth-order valence-corrected chi connectivity index (χ4v) is 1.19. The van der Waals surface area contributed by atoms with Crippen molar-refractivity contribution >= 4 is 16.1 Å². The number of hydrogen-bond donors (Lipinski definition) is 1. The number of nitro benzene ring substituents is 1. The summed E-state index contributed by atoms with van der Waals surface area (Å²) in [6.07, 6.45) is 0. The molecule has 0 amide bonds. The van der Waals surface area contributed by atoms with Gasteiger partial charge in [0, 0.05) is 6.07 Å². The summed E-state index contributed by atoms with van der Waals surface area (Å²) in [6.45, 7) is 0. The summed E-state index contributed by atoms with van der Waals surface area (Å²) in [4.78, 5) is 9.37. The van der Waals surface area contributed by atoms with Crippen LogP contribution in [0, 0.1) is 10.1 Å². The molecule has 0 saturated carbocycles. The van der Waals surface area contributed by atoms with Crippen molar-refractivity contribution in [3.63, 3.8) is 0 Å². The van der Waals surface area contributed by atoms with Gasteiger partial charge in [-0.2, -0.15) is 8.42 Å². The molecule has 0 aromatic heterocycles. The first-order chi connectivity index (χ1) is 6.79. The van der Waals surface area contributed by atoms with Crippen LogP contribution in [0.5, 0.6) is 11.5 Å². The minimum absolute atomic E-state index is 0. The van der Waals surface area contributed by atoms with Gasteiger partial charge in [0.05, 0.1) is 4.92 Å². The van der Waals surface area contributed by atoms with Gasteiger partial charge in [-0.05, 0) is 6.07 Å². The Morgan fingerprint density at radius 2 is 1.94 bits per heavy atom. The fraction of sp³-hybridized carbons (Fsp3) is 0. The summed E-state index contributed by atoms with van der Waals surface area (Å²) in [5, 5.41) is 21.1. The molecule has 0 aliphatic carbocycles. The fourth-order valence-electron chi connectivity index (χ4n) is 0.824. The first-order valence-electron chi connectivity index (χ1n) is 3.42. The molecule has 82 valence electrons. The molecule has 0 heterocycles. The Balaban J connectivity index is 0.00000225. The predicted octanol–water partition coefficient (Wildman–Crippen LogP) is -3.15. The molecule has 0 atom stereocenters. The standard InChI is InChI=1S/C6H5NO7S.K/c8-4-1-2-6(14-15(11,12)13)5(3-4)7(9)10;/h1-3,8H,(H,11,12,13);/q;+1/p-1. The average Bonchev–Trinajstić information content (AvgIpc) is 2.05. The van der Waals surface area contributed by atoms with Gasteiger partial charge in [-0.1, -0.05) is 6.07 Å². The summed E-state index contributed by atoms with van der Waals surface area (Å²) >= 11 is 0. The molecule has 1 N–H and O–H groups in total. The van der Waals surface area contributed by atoms with Crippen molar-refractivity contribution in [3.8, 4) is 11.5 Å². The Labute approximate surface area is 133 Å². The minimum atomic E-state index is -4.85. The van der Waals surface area contributed by atoms with Crippen molar-refractivity contribution in [2.24, 2.45) is 0 Å². The quantitative estimate of drug-likeness (QED) is 0.266. The third-order valence-corrected chi connectivity index (χ3v) is 1.71. The molecule has 8 nitrogen and oxygen atoms in total. The van der Waals surface area contributed by atoms with Crippen LogP contribution in [-0.2, 0) is 10.4 Å². The van der Waals surface area contributed by atoms with Gasteiger partial charge >= 0.3 is 67.5 Å². The van der Waals surface area contributed by atoms with E-state index in [1.165, 1.54) is 0 Å². The van der Waals surface area contributed by atoms with Crippen LogP contribution >= 0.6 is 0 Å². The zero-order valence-electron chi connectivity index (χ0n) is 7.98. The SMILES string of the molecule is O=[N+]([O-])c1cc([O-])ccc1OS(=O)(=O)O.[K+]. The van der Waals surface area contributed by atoms with Gasteiger partial charge in [0.1, 0.15) is 0 Å². The summed E-state index contributed by atoms with van der Waals surface area (Å²) in [5.74, 6) is -1.40. The molecule has 0 unspecified atom stereocenters. The third kappa shape index (κ3) is 4.74. The average molecular weight is 273 g/mol. The first kappa shape index (κ1) is 15.8. The molecule has 0 aliphatic rings. The number of hydrogen-bond acceptors (Lipinski definition) is 6. The molecule has 1 aromatic carbocycles. The van der Waals surface area contributed by atoms with Crippen LogP contribution in [-0.4, -0.2) is 17.9 Å². The maximum absolute atomic E-state index is 10.7. The van der Waals surface area contributed by atoms with E-state index in [4.69, 9.17) is 4.55 Å². The van der Waals surface area contributed by atoms with Crippen LogP contribution in [0.4, 0.5) is 5.69 Å². The monoisotopic (exact) mass is 273 g/mol. The summed E-state index contributed by atoms with van der Waals surface area (Å²) in [6, 6.07) is 2.24. The predicted molar refractivity (Wildman–Crippen MR) is 44.7 cm³/mol. The van der Waals surface area contributed by atoms with Crippen molar-refractivity contribution in [2.75, 3.05) is 0 Å². The second-order valence-corrected chi connectivity index (χ2v) is 3.42. The largest absolute Gasteiger partial charge is 1.00 e. The second kappa shape index (κ2) is 5.91. The minimum Gasteiger partial charge on any atom is -0.872 e. The molecular formula is C6H4KNO7S. The normalized spacial score (nSPS) is 10.3. The van der Waals surface area contributed by atoms with E-state index >= 15 is 0 Å². The van der Waals surface area contributed by atoms with Gasteiger partial charge in [-0.15, -0.1) is 5.75 Å². The molecule has 0 bridgehead atoms. The summed E-state index contributed by atoms with van der Waals surface area (Å²) in [7, 11) is -4.85.